The molecule has 0 radical (unpaired) electrons. The van der Waals surface area contributed by atoms with E-state index in [1.54, 1.807) is 4.68 Å². The van der Waals surface area contributed by atoms with Crippen molar-refractivity contribution in [2.75, 3.05) is 5.75 Å². The molecule has 2 heterocycles. The van der Waals surface area contributed by atoms with Gasteiger partial charge >= 0.3 is 0 Å². The summed E-state index contributed by atoms with van der Waals surface area (Å²) < 4.78 is 24.4. The average Bonchev–Trinajstić information content (AvgIpc) is 2.94. The highest BCUT2D eigenvalue weighted by Crippen LogP contribution is 2.33. The van der Waals surface area contributed by atoms with Crippen LogP contribution in [0.1, 0.15) is 30.1 Å². The lowest BCUT2D eigenvalue weighted by atomic mass is 10.2. The van der Waals surface area contributed by atoms with Crippen molar-refractivity contribution >= 4 is 9.84 Å². The first-order valence-corrected chi connectivity index (χ1v) is 6.92. The second-order valence-corrected chi connectivity index (χ2v) is 6.50. The minimum absolute atomic E-state index is 0.0859. The smallest absolute Gasteiger partial charge is 0.271 e. The quantitative estimate of drug-likeness (QED) is 0.734. The van der Waals surface area contributed by atoms with Crippen molar-refractivity contribution in [3.05, 3.63) is 21.6 Å². The highest BCUT2D eigenvalue weighted by atomic mass is 32.2. The van der Waals surface area contributed by atoms with Crippen LogP contribution in [0.5, 0.6) is 0 Å². The van der Waals surface area contributed by atoms with E-state index in [1.807, 2.05) is 0 Å². The maximum Gasteiger partial charge on any atom is 0.271 e. The van der Waals surface area contributed by atoms with E-state index < -0.39 is 9.84 Å². The first-order chi connectivity index (χ1) is 7.07. The monoisotopic (exact) mass is 228 g/mol. The van der Waals surface area contributed by atoms with Crippen molar-refractivity contribution < 1.29 is 8.42 Å². The van der Waals surface area contributed by atoms with Crippen molar-refractivity contribution in [3.8, 4) is 0 Å². The van der Waals surface area contributed by atoms with Crippen molar-refractivity contribution in [2.24, 2.45) is 0 Å². The van der Waals surface area contributed by atoms with Crippen LogP contribution in [0.2, 0.25) is 0 Å². The molecule has 0 bridgehead atoms. The number of sulfone groups is 1. The number of rotatable bonds is 1. The minimum atomic E-state index is -3.04. The van der Waals surface area contributed by atoms with Crippen LogP contribution >= 0.6 is 0 Å². The SMILES string of the molecule is O=c1c2c([nH]n1C1CC1)CCS(=O)(=O)C2. The Hall–Kier alpha value is -1.04. The summed E-state index contributed by atoms with van der Waals surface area (Å²) in [5.74, 6) is 0.0714. The number of aromatic nitrogens is 2. The number of hydrogen-bond acceptors (Lipinski definition) is 3. The van der Waals surface area contributed by atoms with Gasteiger partial charge in [0.25, 0.3) is 5.56 Å². The van der Waals surface area contributed by atoms with Crippen LogP contribution in [0, 0.1) is 0 Å². The van der Waals surface area contributed by atoms with E-state index >= 15 is 0 Å². The Bertz CT molecular complexity index is 563. The Labute approximate surface area is 87.0 Å². The molecule has 2 aliphatic rings. The van der Waals surface area contributed by atoms with Gasteiger partial charge in [0.1, 0.15) is 0 Å². The van der Waals surface area contributed by atoms with Gasteiger partial charge < -0.3 is 0 Å². The lowest BCUT2D eigenvalue weighted by molar-refractivity contribution is 0.590. The molecule has 82 valence electrons. The van der Waals surface area contributed by atoms with Crippen LogP contribution in [0.25, 0.3) is 0 Å². The standard InChI is InChI=1S/C9H12N2O3S/c12-9-7-5-15(13,14)4-3-8(7)10-11(9)6-1-2-6/h6,10H,1-5H2. The summed E-state index contributed by atoms with van der Waals surface area (Å²) in [6, 6.07) is 0.283. The van der Waals surface area contributed by atoms with Gasteiger partial charge in [-0.2, -0.15) is 0 Å². The summed E-state index contributed by atoms with van der Waals surface area (Å²) in [6.45, 7) is 0. The van der Waals surface area contributed by atoms with Gasteiger partial charge in [-0.25, -0.2) is 13.1 Å². The molecule has 5 nitrogen and oxygen atoms in total. The van der Waals surface area contributed by atoms with Crippen LogP contribution < -0.4 is 5.56 Å². The third-order valence-corrected chi connectivity index (χ3v) is 4.59. The molecule has 0 aromatic carbocycles. The molecule has 0 atom stereocenters. The number of aryl methyl sites for hydroxylation is 1. The van der Waals surface area contributed by atoms with Crippen LogP contribution in [-0.2, 0) is 22.0 Å². The summed E-state index contributed by atoms with van der Waals surface area (Å²) in [4.78, 5) is 11.9. The highest BCUT2D eigenvalue weighted by molar-refractivity contribution is 7.90. The molecule has 0 spiro atoms. The Morgan fingerprint density at radius 3 is 2.73 bits per heavy atom. The molecule has 0 amide bonds. The molecule has 1 N–H and O–H groups in total. The third kappa shape index (κ3) is 1.43. The molecular formula is C9H12N2O3S. The van der Waals surface area contributed by atoms with Gasteiger partial charge in [0.05, 0.1) is 23.1 Å². The Kier molecular flexibility index (Phi) is 1.69. The second kappa shape index (κ2) is 2.75. The number of aromatic amines is 1. The van der Waals surface area contributed by atoms with E-state index in [1.165, 1.54) is 0 Å². The van der Waals surface area contributed by atoms with Crippen LogP contribution in [0.3, 0.4) is 0 Å². The fourth-order valence-electron chi connectivity index (χ4n) is 2.03. The number of fused-ring (bicyclic) bond motifs is 1. The van der Waals surface area contributed by atoms with Crippen molar-refractivity contribution in [2.45, 2.75) is 31.1 Å². The predicted octanol–water partition coefficient (Wildman–Crippen LogP) is -0.0178. The normalized spacial score (nSPS) is 23.7. The molecule has 1 aliphatic heterocycles. The summed E-state index contributed by atoms with van der Waals surface area (Å²) >= 11 is 0. The maximum atomic E-state index is 11.9. The third-order valence-electron chi connectivity index (χ3n) is 3.04. The zero-order valence-corrected chi connectivity index (χ0v) is 9.01. The summed E-state index contributed by atoms with van der Waals surface area (Å²) in [7, 11) is -3.04. The molecule has 1 aliphatic carbocycles. The van der Waals surface area contributed by atoms with E-state index in [2.05, 4.69) is 5.10 Å². The second-order valence-electron chi connectivity index (χ2n) is 4.32. The van der Waals surface area contributed by atoms with E-state index in [0.29, 0.717) is 12.0 Å². The van der Waals surface area contributed by atoms with E-state index in [-0.39, 0.29) is 23.1 Å². The number of H-pyrrole nitrogens is 1. The van der Waals surface area contributed by atoms with E-state index in [0.717, 1.165) is 18.5 Å². The van der Waals surface area contributed by atoms with Gasteiger partial charge in [0.15, 0.2) is 9.84 Å². The highest BCUT2D eigenvalue weighted by Gasteiger charge is 2.32. The summed E-state index contributed by atoms with van der Waals surface area (Å²) in [5.41, 5.74) is 1.16. The first-order valence-electron chi connectivity index (χ1n) is 5.09. The van der Waals surface area contributed by atoms with Gasteiger partial charge in [-0.1, -0.05) is 0 Å². The molecule has 1 aromatic heterocycles. The largest absolute Gasteiger partial charge is 0.299 e. The summed E-state index contributed by atoms with van der Waals surface area (Å²) in [6.07, 6.45) is 2.49. The Balaban J connectivity index is 2.13. The number of nitrogens with zero attached hydrogens (tertiary/aromatic N) is 1. The predicted molar refractivity (Wildman–Crippen MR) is 54.5 cm³/mol. The molecule has 0 unspecified atom stereocenters. The zero-order chi connectivity index (χ0) is 10.6. The summed E-state index contributed by atoms with van der Waals surface area (Å²) in [5, 5.41) is 3.04. The Morgan fingerprint density at radius 1 is 1.33 bits per heavy atom. The molecule has 0 saturated heterocycles. The fraction of sp³-hybridized carbons (Fsp3) is 0.667. The van der Waals surface area contributed by atoms with E-state index in [9.17, 15) is 13.2 Å². The molecule has 15 heavy (non-hydrogen) atoms. The number of hydrogen-bond donors (Lipinski definition) is 1. The fourth-order valence-corrected chi connectivity index (χ4v) is 3.43. The van der Waals surface area contributed by atoms with Crippen LogP contribution in [0.4, 0.5) is 0 Å². The molecule has 6 heteroatoms. The molecule has 1 aromatic rings. The van der Waals surface area contributed by atoms with Crippen LogP contribution in [0.15, 0.2) is 4.79 Å². The minimum Gasteiger partial charge on any atom is -0.299 e. The molecule has 3 rings (SSSR count). The first kappa shape index (κ1) is 9.21. The molecule has 1 saturated carbocycles. The van der Waals surface area contributed by atoms with E-state index in [4.69, 9.17) is 0 Å². The topological polar surface area (TPSA) is 71.9 Å². The van der Waals surface area contributed by atoms with Crippen molar-refractivity contribution in [1.29, 1.82) is 0 Å². The maximum absolute atomic E-state index is 11.9. The van der Waals surface area contributed by atoms with Crippen LogP contribution in [-0.4, -0.2) is 24.0 Å². The van der Waals surface area contributed by atoms with Crippen molar-refractivity contribution in [3.63, 3.8) is 0 Å². The lowest BCUT2D eigenvalue weighted by Crippen LogP contribution is -2.24. The average molecular weight is 228 g/mol. The van der Waals surface area contributed by atoms with Gasteiger partial charge in [-0.15, -0.1) is 0 Å². The van der Waals surface area contributed by atoms with Gasteiger partial charge in [0, 0.05) is 12.1 Å². The van der Waals surface area contributed by atoms with Gasteiger partial charge in [-0.05, 0) is 12.8 Å². The zero-order valence-electron chi connectivity index (χ0n) is 8.19. The van der Waals surface area contributed by atoms with Gasteiger partial charge in [0.2, 0.25) is 0 Å². The molecular weight excluding hydrogens is 216 g/mol. The lowest BCUT2D eigenvalue weighted by Gasteiger charge is -2.09. The Morgan fingerprint density at radius 2 is 2.07 bits per heavy atom. The van der Waals surface area contributed by atoms with Crippen molar-refractivity contribution in [1.82, 2.24) is 9.78 Å². The van der Waals surface area contributed by atoms with Gasteiger partial charge in [-0.3, -0.25) is 9.89 Å². The molecule has 1 fully saturated rings. The number of nitrogens with one attached hydrogen (secondary N) is 1.